The van der Waals surface area contributed by atoms with Crippen LogP contribution in [0.4, 0.5) is 4.39 Å². The van der Waals surface area contributed by atoms with Crippen LogP contribution in [0.3, 0.4) is 0 Å². The van der Waals surface area contributed by atoms with Gasteiger partial charge in [0, 0.05) is 39.3 Å². The van der Waals surface area contributed by atoms with Crippen molar-refractivity contribution in [1.29, 1.82) is 0 Å². The van der Waals surface area contributed by atoms with E-state index in [1.807, 2.05) is 0 Å². The van der Waals surface area contributed by atoms with Crippen LogP contribution in [0.25, 0.3) is 0 Å². The maximum Gasteiger partial charge on any atom is 0.240 e. The Kier molecular flexibility index (Phi) is 4.90. The summed E-state index contributed by atoms with van der Waals surface area (Å²) < 4.78 is 13.7. The first-order valence-corrected chi connectivity index (χ1v) is 6.94. The number of piperazine rings is 1. The second kappa shape index (κ2) is 6.67. The lowest BCUT2D eigenvalue weighted by atomic mass is 10.1. The molecule has 1 aliphatic heterocycles. The third-order valence-electron chi connectivity index (χ3n) is 3.58. The van der Waals surface area contributed by atoms with E-state index in [4.69, 9.17) is 0 Å². The first-order valence-electron chi connectivity index (χ1n) is 6.94. The van der Waals surface area contributed by atoms with Gasteiger partial charge in [0.25, 0.3) is 0 Å². The molecule has 1 unspecified atom stereocenters. The number of nitrogens with zero attached hydrogens (tertiary/aromatic N) is 2. The van der Waals surface area contributed by atoms with E-state index in [2.05, 4.69) is 5.32 Å². The molecule has 0 bridgehead atoms. The molecular formula is C15H20FN3O2. The molecule has 0 aromatic heterocycles. The average Bonchev–Trinajstić information content (AvgIpc) is 2.45. The number of hydrogen-bond acceptors (Lipinski definition) is 3. The van der Waals surface area contributed by atoms with E-state index in [0.29, 0.717) is 18.7 Å². The number of rotatable bonds is 4. The first kappa shape index (κ1) is 15.4. The minimum atomic E-state index is -0.527. The van der Waals surface area contributed by atoms with Gasteiger partial charge in [0.1, 0.15) is 5.82 Å². The normalized spacial score (nSPS) is 18.7. The molecule has 2 amide bonds. The fraction of sp³-hybridized carbons (Fsp3) is 0.467. The number of nitrogens with one attached hydrogen (secondary N) is 1. The zero-order chi connectivity index (χ0) is 15.4. The van der Waals surface area contributed by atoms with E-state index >= 15 is 0 Å². The maximum absolute atomic E-state index is 13.7. The molecule has 0 aliphatic carbocycles. The van der Waals surface area contributed by atoms with Gasteiger partial charge in [0.15, 0.2) is 0 Å². The standard InChI is InChI=1S/C15H20FN3O2/c1-18(2)14(20)9-13-15(21)19(8-7-17-13)10-11-5-3-4-6-12(11)16/h3-6,13,17H,7-10H2,1-2H3. The topological polar surface area (TPSA) is 52.7 Å². The molecule has 0 saturated carbocycles. The predicted molar refractivity (Wildman–Crippen MR) is 76.9 cm³/mol. The van der Waals surface area contributed by atoms with Gasteiger partial charge in [0.05, 0.1) is 12.5 Å². The van der Waals surface area contributed by atoms with Gasteiger partial charge in [0.2, 0.25) is 11.8 Å². The van der Waals surface area contributed by atoms with Crippen molar-refractivity contribution in [2.24, 2.45) is 0 Å². The molecule has 1 aromatic carbocycles. The monoisotopic (exact) mass is 293 g/mol. The Balaban J connectivity index is 2.03. The van der Waals surface area contributed by atoms with Crippen molar-refractivity contribution >= 4 is 11.8 Å². The number of hydrogen-bond donors (Lipinski definition) is 1. The lowest BCUT2D eigenvalue weighted by Gasteiger charge is -2.33. The zero-order valence-corrected chi connectivity index (χ0v) is 12.3. The summed E-state index contributed by atoms with van der Waals surface area (Å²) in [4.78, 5) is 27.2. The van der Waals surface area contributed by atoms with E-state index in [0.717, 1.165) is 0 Å². The van der Waals surface area contributed by atoms with Gasteiger partial charge in [-0.25, -0.2) is 4.39 Å². The molecule has 1 aromatic rings. The fourth-order valence-electron chi connectivity index (χ4n) is 2.30. The molecule has 1 N–H and O–H groups in total. The Labute approximate surface area is 123 Å². The summed E-state index contributed by atoms with van der Waals surface area (Å²) >= 11 is 0. The Morgan fingerprint density at radius 3 is 2.81 bits per heavy atom. The van der Waals surface area contributed by atoms with E-state index in [1.54, 1.807) is 37.2 Å². The Morgan fingerprint density at radius 2 is 2.14 bits per heavy atom. The highest BCUT2D eigenvalue weighted by Gasteiger charge is 2.30. The molecule has 1 aliphatic rings. The van der Waals surface area contributed by atoms with Gasteiger partial charge < -0.3 is 15.1 Å². The van der Waals surface area contributed by atoms with E-state index in [1.165, 1.54) is 11.0 Å². The highest BCUT2D eigenvalue weighted by molar-refractivity contribution is 5.88. The summed E-state index contributed by atoms with van der Waals surface area (Å²) in [5, 5.41) is 3.05. The van der Waals surface area contributed by atoms with Gasteiger partial charge in [-0.1, -0.05) is 18.2 Å². The summed E-state index contributed by atoms with van der Waals surface area (Å²) in [5.41, 5.74) is 0.491. The number of halogens is 1. The van der Waals surface area contributed by atoms with Crippen molar-refractivity contribution in [3.05, 3.63) is 35.6 Å². The quantitative estimate of drug-likeness (QED) is 0.885. The number of amides is 2. The van der Waals surface area contributed by atoms with Crippen molar-refractivity contribution in [3.8, 4) is 0 Å². The van der Waals surface area contributed by atoms with Crippen LogP contribution in [0.2, 0.25) is 0 Å². The highest BCUT2D eigenvalue weighted by Crippen LogP contribution is 2.13. The first-order chi connectivity index (χ1) is 9.99. The third-order valence-corrected chi connectivity index (χ3v) is 3.58. The number of carbonyl (C=O) groups excluding carboxylic acids is 2. The smallest absolute Gasteiger partial charge is 0.240 e. The molecule has 1 atom stereocenters. The number of benzene rings is 1. The molecule has 0 radical (unpaired) electrons. The highest BCUT2D eigenvalue weighted by atomic mass is 19.1. The van der Waals surface area contributed by atoms with Crippen molar-refractivity contribution in [3.63, 3.8) is 0 Å². The fourth-order valence-corrected chi connectivity index (χ4v) is 2.30. The molecule has 114 valence electrons. The van der Waals surface area contributed by atoms with Crippen molar-refractivity contribution < 1.29 is 14.0 Å². The molecule has 0 spiro atoms. The van der Waals surface area contributed by atoms with Gasteiger partial charge >= 0.3 is 0 Å². The molecule has 2 rings (SSSR count). The third kappa shape index (κ3) is 3.78. The van der Waals surface area contributed by atoms with Gasteiger partial charge in [-0.15, -0.1) is 0 Å². The summed E-state index contributed by atoms with van der Waals surface area (Å²) in [6.45, 7) is 1.35. The van der Waals surface area contributed by atoms with Crippen molar-refractivity contribution in [2.75, 3.05) is 27.2 Å². The maximum atomic E-state index is 13.7. The SMILES string of the molecule is CN(C)C(=O)CC1NCCN(Cc2ccccc2F)C1=O. The second-order valence-corrected chi connectivity index (χ2v) is 5.35. The number of carbonyl (C=O) groups is 2. The minimum absolute atomic E-state index is 0.103. The van der Waals surface area contributed by atoms with E-state index in [9.17, 15) is 14.0 Å². The summed E-state index contributed by atoms with van der Waals surface area (Å²) in [6.07, 6.45) is 0.125. The lowest BCUT2D eigenvalue weighted by Crippen LogP contribution is -2.55. The minimum Gasteiger partial charge on any atom is -0.349 e. The average molecular weight is 293 g/mol. The summed E-state index contributed by atoms with van der Waals surface area (Å²) in [6, 6.07) is 5.90. The molecular weight excluding hydrogens is 273 g/mol. The summed E-state index contributed by atoms with van der Waals surface area (Å²) in [5.74, 6) is -0.571. The van der Waals surface area contributed by atoms with Gasteiger partial charge in [-0.2, -0.15) is 0 Å². The Morgan fingerprint density at radius 1 is 1.43 bits per heavy atom. The molecule has 1 fully saturated rings. The van der Waals surface area contributed by atoms with Crippen LogP contribution in [0.5, 0.6) is 0 Å². The van der Waals surface area contributed by atoms with Gasteiger partial charge in [-0.3, -0.25) is 9.59 Å². The Bertz CT molecular complexity index is 533. The molecule has 5 nitrogen and oxygen atoms in total. The molecule has 1 saturated heterocycles. The second-order valence-electron chi connectivity index (χ2n) is 5.35. The summed E-state index contributed by atoms with van der Waals surface area (Å²) in [7, 11) is 3.32. The van der Waals surface area contributed by atoms with Crippen LogP contribution < -0.4 is 5.32 Å². The largest absolute Gasteiger partial charge is 0.349 e. The van der Waals surface area contributed by atoms with Crippen LogP contribution in [0.15, 0.2) is 24.3 Å². The predicted octanol–water partition coefficient (Wildman–Crippen LogP) is 0.604. The van der Waals surface area contributed by atoms with Crippen LogP contribution in [-0.2, 0) is 16.1 Å². The Hall–Kier alpha value is -1.95. The molecule has 21 heavy (non-hydrogen) atoms. The lowest BCUT2D eigenvalue weighted by molar-refractivity contribution is -0.140. The molecule has 6 heteroatoms. The van der Waals surface area contributed by atoms with E-state index in [-0.39, 0.29) is 30.6 Å². The van der Waals surface area contributed by atoms with E-state index < -0.39 is 6.04 Å². The molecule has 1 heterocycles. The van der Waals surface area contributed by atoms with Crippen LogP contribution in [-0.4, -0.2) is 54.8 Å². The van der Waals surface area contributed by atoms with Crippen LogP contribution in [0.1, 0.15) is 12.0 Å². The van der Waals surface area contributed by atoms with Crippen LogP contribution >= 0.6 is 0 Å². The van der Waals surface area contributed by atoms with Crippen molar-refractivity contribution in [1.82, 2.24) is 15.1 Å². The zero-order valence-electron chi connectivity index (χ0n) is 12.3. The van der Waals surface area contributed by atoms with Crippen molar-refractivity contribution in [2.45, 2.75) is 19.0 Å². The van der Waals surface area contributed by atoms with Gasteiger partial charge in [-0.05, 0) is 6.07 Å². The van der Waals surface area contributed by atoms with Crippen LogP contribution in [0, 0.1) is 5.82 Å².